The number of nitrogens with one attached hydrogen (secondary N) is 1. The van der Waals surface area contributed by atoms with Gasteiger partial charge in [-0.25, -0.2) is 0 Å². The second-order valence-corrected chi connectivity index (χ2v) is 3.78. The van der Waals surface area contributed by atoms with Crippen LogP contribution in [0.5, 0.6) is 0 Å². The number of allylic oxidation sites excluding steroid dienone is 1. The molecule has 0 unspecified atom stereocenters. The van der Waals surface area contributed by atoms with Gasteiger partial charge < -0.3 is 10.2 Å². The first-order chi connectivity index (χ1) is 7.63. The molecule has 0 spiro atoms. The van der Waals surface area contributed by atoms with Gasteiger partial charge in [0.1, 0.15) is 0 Å². The van der Waals surface area contributed by atoms with E-state index in [-0.39, 0.29) is 5.91 Å². The number of amides is 1. The summed E-state index contributed by atoms with van der Waals surface area (Å²) in [6, 6.07) is 8.12. The zero-order valence-electron chi connectivity index (χ0n) is 10.0. The summed E-state index contributed by atoms with van der Waals surface area (Å²) in [6.45, 7) is 2.39. The Kier molecular flexibility index (Phi) is 4.58. The van der Waals surface area contributed by atoms with Crippen LogP contribution < -0.4 is 10.2 Å². The first-order valence-corrected chi connectivity index (χ1v) is 5.30. The van der Waals surface area contributed by atoms with E-state index < -0.39 is 0 Å². The summed E-state index contributed by atoms with van der Waals surface area (Å²) in [7, 11) is 4.01. The molecule has 1 aromatic carbocycles. The molecule has 1 rings (SSSR count). The maximum Gasteiger partial charge on any atom is 0.243 e. The van der Waals surface area contributed by atoms with Crippen LogP contribution in [0.4, 0.5) is 5.69 Å². The van der Waals surface area contributed by atoms with Gasteiger partial charge in [0.25, 0.3) is 0 Å². The van der Waals surface area contributed by atoms with Crippen molar-refractivity contribution in [3.8, 4) is 0 Å². The highest BCUT2D eigenvalue weighted by Crippen LogP contribution is 2.11. The van der Waals surface area contributed by atoms with Gasteiger partial charge in [-0.3, -0.25) is 4.79 Å². The Labute approximate surface area is 96.8 Å². The third-order valence-corrected chi connectivity index (χ3v) is 2.24. The molecule has 0 fully saturated rings. The van der Waals surface area contributed by atoms with E-state index >= 15 is 0 Å². The summed E-state index contributed by atoms with van der Waals surface area (Å²) in [5.74, 6) is -0.0563. The van der Waals surface area contributed by atoms with Crippen LogP contribution in [-0.4, -0.2) is 20.0 Å². The summed E-state index contributed by atoms with van der Waals surface area (Å²) >= 11 is 0. The van der Waals surface area contributed by atoms with Gasteiger partial charge in [0.05, 0.1) is 0 Å². The van der Waals surface area contributed by atoms with Gasteiger partial charge in [0.2, 0.25) is 5.91 Å². The third-order valence-electron chi connectivity index (χ3n) is 2.24. The van der Waals surface area contributed by atoms with Crippen LogP contribution in [0.1, 0.15) is 12.5 Å². The number of hydrogen-bond donors (Lipinski definition) is 1. The summed E-state index contributed by atoms with van der Waals surface area (Å²) in [5, 5.41) is 2.81. The molecule has 16 heavy (non-hydrogen) atoms. The molecule has 86 valence electrons. The monoisotopic (exact) mass is 218 g/mol. The molecule has 0 saturated carbocycles. The third kappa shape index (κ3) is 3.77. The molecule has 0 aromatic heterocycles. The highest BCUT2D eigenvalue weighted by Gasteiger charge is 1.97. The van der Waals surface area contributed by atoms with E-state index in [4.69, 9.17) is 0 Å². The van der Waals surface area contributed by atoms with Crippen LogP contribution in [0.3, 0.4) is 0 Å². The molecule has 0 saturated heterocycles. The van der Waals surface area contributed by atoms with Crippen molar-refractivity contribution in [3.63, 3.8) is 0 Å². The number of rotatable bonds is 4. The van der Waals surface area contributed by atoms with Crippen molar-refractivity contribution < 1.29 is 4.79 Å². The molecule has 0 aliphatic heterocycles. The highest BCUT2D eigenvalue weighted by molar-refractivity contribution is 5.87. The molecule has 0 atom stereocenters. The summed E-state index contributed by atoms with van der Waals surface area (Å²) in [4.78, 5) is 13.2. The lowest BCUT2D eigenvalue weighted by Crippen LogP contribution is -2.20. The van der Waals surface area contributed by atoms with Crippen LogP contribution in [0.15, 0.2) is 36.4 Å². The molecular weight excluding hydrogens is 200 g/mol. The molecule has 1 amide bonds. The van der Waals surface area contributed by atoms with E-state index in [9.17, 15) is 4.79 Å². The minimum atomic E-state index is -0.0563. The summed E-state index contributed by atoms with van der Waals surface area (Å²) < 4.78 is 0. The van der Waals surface area contributed by atoms with Crippen molar-refractivity contribution in [3.05, 3.63) is 42.0 Å². The number of nitrogens with zero attached hydrogens (tertiary/aromatic N) is 1. The van der Waals surface area contributed by atoms with E-state index in [1.165, 1.54) is 6.08 Å². The van der Waals surface area contributed by atoms with Crippen LogP contribution in [0, 0.1) is 0 Å². The van der Waals surface area contributed by atoms with Gasteiger partial charge >= 0.3 is 0 Å². The Bertz CT molecular complexity index is 366. The topological polar surface area (TPSA) is 32.3 Å². The van der Waals surface area contributed by atoms with Crippen LogP contribution in [0.25, 0.3) is 0 Å². The van der Waals surface area contributed by atoms with E-state index in [0.29, 0.717) is 6.54 Å². The minimum Gasteiger partial charge on any atom is -0.378 e. The Hall–Kier alpha value is -1.77. The first kappa shape index (κ1) is 12.3. The largest absolute Gasteiger partial charge is 0.378 e. The molecule has 0 heterocycles. The molecule has 3 heteroatoms. The normalized spacial score (nSPS) is 10.4. The number of carbonyl (C=O) groups is 1. The van der Waals surface area contributed by atoms with E-state index in [1.807, 2.05) is 50.2 Å². The molecule has 3 nitrogen and oxygen atoms in total. The van der Waals surface area contributed by atoms with Gasteiger partial charge in [0, 0.05) is 26.3 Å². The average Bonchev–Trinajstić information content (AvgIpc) is 2.27. The second kappa shape index (κ2) is 5.95. The molecule has 0 aliphatic carbocycles. The van der Waals surface area contributed by atoms with Crippen molar-refractivity contribution in [2.24, 2.45) is 0 Å². The smallest absolute Gasteiger partial charge is 0.243 e. The first-order valence-electron chi connectivity index (χ1n) is 5.30. The Balaban J connectivity index is 2.52. The zero-order chi connectivity index (χ0) is 12.0. The standard InChI is InChI=1S/C13H18N2O/c1-4-5-13(16)14-10-11-6-8-12(9-7-11)15(2)3/h4-9H,10H2,1-3H3,(H,14,16). The average molecular weight is 218 g/mol. The van der Waals surface area contributed by atoms with Crippen molar-refractivity contribution in [2.75, 3.05) is 19.0 Å². The zero-order valence-corrected chi connectivity index (χ0v) is 10.0. The van der Waals surface area contributed by atoms with E-state index in [1.54, 1.807) is 6.08 Å². The molecule has 0 radical (unpaired) electrons. The molecule has 0 bridgehead atoms. The van der Waals surface area contributed by atoms with Gasteiger partial charge in [-0.15, -0.1) is 0 Å². The lowest BCUT2D eigenvalue weighted by atomic mass is 10.2. The van der Waals surface area contributed by atoms with Gasteiger partial charge in [-0.1, -0.05) is 18.2 Å². The number of benzene rings is 1. The fraction of sp³-hybridized carbons (Fsp3) is 0.308. The maximum atomic E-state index is 11.2. The minimum absolute atomic E-state index is 0.0563. The van der Waals surface area contributed by atoms with Gasteiger partial charge in [-0.2, -0.15) is 0 Å². The van der Waals surface area contributed by atoms with Crippen LogP contribution in [0.2, 0.25) is 0 Å². The van der Waals surface area contributed by atoms with Gasteiger partial charge in [-0.05, 0) is 30.7 Å². The number of carbonyl (C=O) groups excluding carboxylic acids is 1. The van der Waals surface area contributed by atoms with Crippen molar-refractivity contribution in [1.82, 2.24) is 5.32 Å². The second-order valence-electron chi connectivity index (χ2n) is 3.78. The highest BCUT2D eigenvalue weighted by atomic mass is 16.1. The maximum absolute atomic E-state index is 11.2. The van der Waals surface area contributed by atoms with Crippen molar-refractivity contribution in [2.45, 2.75) is 13.5 Å². The predicted molar refractivity (Wildman–Crippen MR) is 67.4 cm³/mol. The fourth-order valence-electron chi connectivity index (χ4n) is 1.31. The Morgan fingerprint density at radius 2 is 1.94 bits per heavy atom. The van der Waals surface area contributed by atoms with Crippen molar-refractivity contribution >= 4 is 11.6 Å². The lowest BCUT2D eigenvalue weighted by molar-refractivity contribution is -0.116. The summed E-state index contributed by atoms with van der Waals surface area (Å²) in [5.41, 5.74) is 2.26. The van der Waals surface area contributed by atoms with Crippen molar-refractivity contribution in [1.29, 1.82) is 0 Å². The molecule has 1 N–H and O–H groups in total. The molecule has 1 aromatic rings. The quantitative estimate of drug-likeness (QED) is 0.783. The SMILES string of the molecule is CC=CC(=O)NCc1ccc(N(C)C)cc1. The Morgan fingerprint density at radius 1 is 1.31 bits per heavy atom. The molecule has 0 aliphatic rings. The number of anilines is 1. The van der Waals surface area contributed by atoms with Gasteiger partial charge in [0.15, 0.2) is 0 Å². The molecular formula is C13H18N2O. The van der Waals surface area contributed by atoms with Crippen LogP contribution >= 0.6 is 0 Å². The van der Waals surface area contributed by atoms with E-state index in [2.05, 4.69) is 5.32 Å². The lowest BCUT2D eigenvalue weighted by Gasteiger charge is -2.12. The van der Waals surface area contributed by atoms with Crippen LogP contribution in [-0.2, 0) is 11.3 Å². The summed E-state index contributed by atoms with van der Waals surface area (Å²) in [6.07, 6.45) is 3.25. The fourth-order valence-corrected chi connectivity index (χ4v) is 1.31. The Morgan fingerprint density at radius 3 is 2.44 bits per heavy atom. The predicted octanol–water partition coefficient (Wildman–Crippen LogP) is 1.94. The van der Waals surface area contributed by atoms with E-state index in [0.717, 1.165) is 11.3 Å². The number of hydrogen-bond acceptors (Lipinski definition) is 2.